The molecule has 2 fully saturated rings. The van der Waals surface area contributed by atoms with E-state index in [-0.39, 0.29) is 11.5 Å². The number of ether oxygens (including phenoxy) is 1. The highest BCUT2D eigenvalue weighted by Gasteiger charge is 2.54. The lowest BCUT2D eigenvalue weighted by Gasteiger charge is -2.57. The summed E-state index contributed by atoms with van der Waals surface area (Å²) < 4.78 is 6.08. The Hall–Kier alpha value is -1.32. The maximum Gasteiger partial charge on any atom is 0.120 e. The molecule has 0 radical (unpaired) electrons. The van der Waals surface area contributed by atoms with E-state index in [0.717, 1.165) is 25.0 Å². The Bertz CT molecular complexity index is 866. The molecule has 29 heavy (non-hydrogen) atoms. The molecule has 2 aromatic carbocycles. The Balaban J connectivity index is 1.35. The van der Waals surface area contributed by atoms with Gasteiger partial charge in [-0.15, -0.1) is 0 Å². The minimum absolute atomic E-state index is 0.0989. The second-order valence-electron chi connectivity index (χ2n) is 9.68. The lowest BCUT2D eigenvalue weighted by Crippen LogP contribution is -2.53. The maximum absolute atomic E-state index is 10.9. The SMILES string of the molecule is C[C@]12CC[C@@H]3c4ccc(OCc5ccccc5)cc4CC[C@H]3[C@@H]1C[C@H](Br)C[C@@H]2O. The molecule has 1 N–H and O–H groups in total. The van der Waals surface area contributed by atoms with E-state index in [4.69, 9.17) is 4.74 Å². The van der Waals surface area contributed by atoms with E-state index in [1.54, 1.807) is 5.56 Å². The zero-order valence-corrected chi connectivity index (χ0v) is 18.8. The zero-order valence-electron chi connectivity index (χ0n) is 17.2. The van der Waals surface area contributed by atoms with Crippen LogP contribution in [0.15, 0.2) is 48.5 Å². The number of benzene rings is 2. The number of hydrogen-bond acceptors (Lipinski definition) is 2. The van der Waals surface area contributed by atoms with Crippen LogP contribution < -0.4 is 4.74 Å². The molecule has 154 valence electrons. The van der Waals surface area contributed by atoms with Crippen LogP contribution in [0.25, 0.3) is 0 Å². The van der Waals surface area contributed by atoms with Crippen molar-refractivity contribution in [1.29, 1.82) is 0 Å². The average Bonchev–Trinajstić information content (AvgIpc) is 2.73. The van der Waals surface area contributed by atoms with Crippen molar-refractivity contribution < 1.29 is 9.84 Å². The molecule has 0 aliphatic heterocycles. The standard InChI is InChI=1S/C26H31BrO2/c1-26-12-11-22-21-10-8-20(29-16-17-5-3-2-4-6-17)13-18(21)7-9-23(22)24(26)14-19(27)15-25(26)28/h2-6,8,10,13,19,22-25,28H,7,9,11-12,14-16H2,1H3/t19-,22+,23+,24-,25-,26-/m0/s1. The van der Waals surface area contributed by atoms with Gasteiger partial charge in [0.25, 0.3) is 0 Å². The van der Waals surface area contributed by atoms with Gasteiger partial charge in [0.05, 0.1) is 6.10 Å². The molecule has 3 aliphatic rings. The number of aliphatic hydroxyl groups excluding tert-OH is 1. The van der Waals surface area contributed by atoms with Gasteiger partial charge < -0.3 is 9.84 Å². The third-order valence-corrected chi connectivity index (χ3v) is 8.88. The van der Waals surface area contributed by atoms with Crippen LogP contribution in [-0.4, -0.2) is 16.0 Å². The highest BCUT2D eigenvalue weighted by molar-refractivity contribution is 9.09. The number of rotatable bonds is 3. The van der Waals surface area contributed by atoms with E-state index in [2.05, 4.69) is 65.3 Å². The van der Waals surface area contributed by atoms with Crippen LogP contribution in [0.3, 0.4) is 0 Å². The molecule has 6 atom stereocenters. The fraction of sp³-hybridized carbons (Fsp3) is 0.538. The van der Waals surface area contributed by atoms with Crippen molar-refractivity contribution >= 4 is 15.9 Å². The van der Waals surface area contributed by atoms with Crippen molar-refractivity contribution in [2.24, 2.45) is 17.3 Å². The Labute approximate surface area is 182 Å². The van der Waals surface area contributed by atoms with E-state index >= 15 is 0 Å². The molecule has 5 rings (SSSR count). The van der Waals surface area contributed by atoms with Gasteiger partial charge in [-0.25, -0.2) is 0 Å². The topological polar surface area (TPSA) is 29.5 Å². The highest BCUT2D eigenvalue weighted by atomic mass is 79.9. The maximum atomic E-state index is 10.9. The van der Waals surface area contributed by atoms with Crippen LogP contribution in [-0.2, 0) is 13.0 Å². The van der Waals surface area contributed by atoms with Gasteiger partial charge in [0, 0.05) is 4.83 Å². The van der Waals surface area contributed by atoms with E-state index in [0.29, 0.717) is 29.2 Å². The van der Waals surface area contributed by atoms with E-state index in [1.165, 1.54) is 30.4 Å². The Morgan fingerprint density at radius 2 is 1.93 bits per heavy atom. The molecule has 2 aromatic rings. The second-order valence-corrected chi connectivity index (χ2v) is 11.0. The predicted octanol–water partition coefficient (Wildman–Crippen LogP) is 6.25. The van der Waals surface area contributed by atoms with Crippen molar-refractivity contribution in [2.75, 3.05) is 0 Å². The van der Waals surface area contributed by atoms with Crippen LogP contribution in [0, 0.1) is 17.3 Å². The first-order valence-corrected chi connectivity index (χ1v) is 12.1. The largest absolute Gasteiger partial charge is 0.489 e. The molecule has 3 aliphatic carbocycles. The Morgan fingerprint density at radius 3 is 2.76 bits per heavy atom. The predicted molar refractivity (Wildman–Crippen MR) is 121 cm³/mol. The third-order valence-electron chi connectivity index (χ3n) is 8.13. The number of hydrogen-bond donors (Lipinski definition) is 1. The molecule has 0 bridgehead atoms. The summed E-state index contributed by atoms with van der Waals surface area (Å²) in [6.07, 6.45) is 6.68. The zero-order chi connectivity index (χ0) is 20.0. The molecule has 0 saturated heterocycles. The van der Waals surface area contributed by atoms with Crippen molar-refractivity contribution in [3.8, 4) is 5.75 Å². The molecule has 2 saturated carbocycles. The van der Waals surface area contributed by atoms with Crippen LogP contribution >= 0.6 is 15.9 Å². The average molecular weight is 455 g/mol. The molecule has 0 heterocycles. The highest BCUT2D eigenvalue weighted by Crippen LogP contribution is 2.60. The third kappa shape index (κ3) is 3.55. The monoisotopic (exact) mass is 454 g/mol. The summed E-state index contributed by atoms with van der Waals surface area (Å²) in [5, 5.41) is 10.9. The van der Waals surface area contributed by atoms with E-state index in [1.807, 2.05) is 6.07 Å². The van der Waals surface area contributed by atoms with Crippen LogP contribution in [0.4, 0.5) is 0 Å². The van der Waals surface area contributed by atoms with Crippen LogP contribution in [0.1, 0.15) is 61.6 Å². The van der Waals surface area contributed by atoms with Gasteiger partial charge >= 0.3 is 0 Å². The molecule has 0 aromatic heterocycles. The fourth-order valence-corrected chi connectivity index (χ4v) is 7.23. The molecule has 2 nitrogen and oxygen atoms in total. The number of aryl methyl sites for hydroxylation is 1. The normalized spacial score (nSPS) is 35.9. The molecule has 3 heteroatoms. The lowest BCUT2D eigenvalue weighted by molar-refractivity contribution is -0.0949. The van der Waals surface area contributed by atoms with E-state index < -0.39 is 0 Å². The lowest BCUT2D eigenvalue weighted by atomic mass is 9.50. The van der Waals surface area contributed by atoms with Gasteiger partial charge in [-0.2, -0.15) is 0 Å². The first kappa shape index (κ1) is 19.6. The van der Waals surface area contributed by atoms with Gasteiger partial charge in [0.2, 0.25) is 0 Å². The first-order chi connectivity index (χ1) is 14.0. The van der Waals surface area contributed by atoms with Gasteiger partial charge in [0.1, 0.15) is 12.4 Å². The summed E-state index contributed by atoms with van der Waals surface area (Å²) in [7, 11) is 0. The summed E-state index contributed by atoms with van der Waals surface area (Å²) in [6, 6.07) is 17.2. The summed E-state index contributed by atoms with van der Waals surface area (Å²) in [5.41, 5.74) is 4.33. The minimum atomic E-state index is -0.165. The van der Waals surface area contributed by atoms with Gasteiger partial charge in [0.15, 0.2) is 0 Å². The Morgan fingerprint density at radius 1 is 1.10 bits per heavy atom. The van der Waals surface area contributed by atoms with Gasteiger partial charge in [-0.1, -0.05) is 59.3 Å². The number of aliphatic hydroxyl groups is 1. The molecular formula is C26H31BrO2. The summed E-state index contributed by atoms with van der Waals surface area (Å²) >= 11 is 3.83. The number of fused-ring (bicyclic) bond motifs is 5. The van der Waals surface area contributed by atoms with Crippen molar-refractivity contribution in [3.63, 3.8) is 0 Å². The van der Waals surface area contributed by atoms with Gasteiger partial charge in [-0.05, 0) is 90.5 Å². The smallest absolute Gasteiger partial charge is 0.120 e. The minimum Gasteiger partial charge on any atom is -0.489 e. The molecule has 0 amide bonds. The number of alkyl halides is 1. The van der Waals surface area contributed by atoms with Crippen molar-refractivity contribution in [3.05, 3.63) is 65.2 Å². The van der Waals surface area contributed by atoms with Gasteiger partial charge in [-0.3, -0.25) is 0 Å². The Kier molecular flexibility index (Phi) is 5.24. The second kappa shape index (κ2) is 7.74. The number of halogens is 1. The summed E-state index contributed by atoms with van der Waals surface area (Å²) in [4.78, 5) is 0.462. The van der Waals surface area contributed by atoms with Crippen LogP contribution in [0.5, 0.6) is 5.75 Å². The quantitative estimate of drug-likeness (QED) is 0.555. The molecular weight excluding hydrogens is 424 g/mol. The van der Waals surface area contributed by atoms with Crippen LogP contribution in [0.2, 0.25) is 0 Å². The van der Waals surface area contributed by atoms with E-state index in [9.17, 15) is 5.11 Å². The molecule has 0 spiro atoms. The van der Waals surface area contributed by atoms with Crippen molar-refractivity contribution in [1.82, 2.24) is 0 Å². The summed E-state index contributed by atoms with van der Waals surface area (Å²) in [5.74, 6) is 2.95. The van der Waals surface area contributed by atoms with Crippen molar-refractivity contribution in [2.45, 2.75) is 68.9 Å². The summed E-state index contributed by atoms with van der Waals surface area (Å²) in [6.45, 7) is 2.98. The molecule has 0 unspecified atom stereocenters. The first-order valence-electron chi connectivity index (χ1n) is 11.2. The fourth-order valence-electron chi connectivity index (χ4n) is 6.48.